The molecule has 2 aliphatic carbocycles. The van der Waals surface area contributed by atoms with Crippen molar-refractivity contribution in [3.63, 3.8) is 0 Å². The van der Waals surface area contributed by atoms with Gasteiger partial charge in [-0.1, -0.05) is 40.5 Å². The minimum atomic E-state index is -1.19. The van der Waals surface area contributed by atoms with E-state index in [0.717, 1.165) is 15.3 Å². The van der Waals surface area contributed by atoms with E-state index in [1.165, 1.54) is 25.7 Å². The molecule has 3 fully saturated rings. The molecule has 1 saturated heterocycles. The number of urea groups is 1. The third-order valence-electron chi connectivity index (χ3n) is 6.81. The normalized spacial score (nSPS) is 32.5. The third-order valence-corrected chi connectivity index (χ3v) is 7.50. The smallest absolute Gasteiger partial charge is 0.325 e. The van der Waals surface area contributed by atoms with E-state index >= 15 is 0 Å². The number of imide groups is 1. The van der Waals surface area contributed by atoms with E-state index in [0.29, 0.717) is 17.4 Å². The molecule has 150 valence electrons. The molecule has 0 spiro atoms. The van der Waals surface area contributed by atoms with Crippen LogP contribution in [0.5, 0.6) is 0 Å². The molecule has 1 aromatic carbocycles. The summed E-state index contributed by atoms with van der Waals surface area (Å²) in [6, 6.07) is 6.82. The van der Waals surface area contributed by atoms with Crippen molar-refractivity contribution in [1.82, 2.24) is 15.5 Å². The lowest BCUT2D eigenvalue weighted by Gasteiger charge is -2.29. The van der Waals surface area contributed by atoms with Gasteiger partial charge < -0.3 is 10.6 Å². The quantitative estimate of drug-likeness (QED) is 0.680. The summed E-state index contributed by atoms with van der Waals surface area (Å²) in [5, 5.41) is 5.78. The van der Waals surface area contributed by atoms with Crippen LogP contribution in [0, 0.1) is 17.8 Å². The fourth-order valence-electron chi connectivity index (χ4n) is 5.35. The predicted molar refractivity (Wildman–Crippen MR) is 108 cm³/mol. The van der Waals surface area contributed by atoms with Gasteiger partial charge in [0.05, 0.1) is 0 Å². The lowest BCUT2D eigenvalue weighted by molar-refractivity contribution is -0.135. The van der Waals surface area contributed by atoms with Crippen molar-refractivity contribution in [2.45, 2.75) is 51.1 Å². The lowest BCUT2D eigenvalue weighted by Crippen LogP contribution is -2.47. The highest BCUT2D eigenvalue weighted by Gasteiger charge is 2.50. The van der Waals surface area contributed by atoms with Gasteiger partial charge in [0, 0.05) is 16.1 Å². The number of carbonyl (C=O) groups is 3. The van der Waals surface area contributed by atoms with Crippen molar-refractivity contribution in [3.05, 3.63) is 34.3 Å². The Balaban J connectivity index is 1.42. The Labute approximate surface area is 173 Å². The summed E-state index contributed by atoms with van der Waals surface area (Å²) in [7, 11) is 0. The predicted octanol–water partition coefficient (Wildman–Crippen LogP) is 3.16. The fraction of sp³-hybridized carbons (Fsp3) is 0.571. The van der Waals surface area contributed by atoms with Gasteiger partial charge in [0.1, 0.15) is 12.1 Å². The van der Waals surface area contributed by atoms with Crippen LogP contribution in [0.15, 0.2) is 28.7 Å². The largest absolute Gasteiger partial charge is 0.352 e. The number of nitrogens with one attached hydrogen (secondary N) is 2. The summed E-state index contributed by atoms with van der Waals surface area (Å²) in [5.41, 5.74) is -0.514. The maximum Gasteiger partial charge on any atom is 0.325 e. The Morgan fingerprint density at radius 2 is 2.07 bits per heavy atom. The Morgan fingerprint density at radius 1 is 1.32 bits per heavy atom. The first-order valence-electron chi connectivity index (χ1n) is 9.98. The average molecular weight is 448 g/mol. The van der Waals surface area contributed by atoms with Gasteiger partial charge in [-0.3, -0.25) is 14.5 Å². The molecule has 7 heteroatoms. The van der Waals surface area contributed by atoms with Gasteiger partial charge in [-0.05, 0) is 56.9 Å². The molecule has 6 nitrogen and oxygen atoms in total. The third kappa shape index (κ3) is 3.23. The molecule has 5 unspecified atom stereocenters. The topological polar surface area (TPSA) is 78.5 Å². The van der Waals surface area contributed by atoms with Gasteiger partial charge in [-0.2, -0.15) is 0 Å². The van der Waals surface area contributed by atoms with Crippen LogP contribution in [-0.2, 0) is 15.1 Å². The molecule has 1 aliphatic heterocycles. The van der Waals surface area contributed by atoms with Crippen LogP contribution in [0.3, 0.4) is 0 Å². The molecule has 4 rings (SSSR count). The molecule has 0 aromatic heterocycles. The minimum Gasteiger partial charge on any atom is -0.352 e. The average Bonchev–Trinajstić information content (AvgIpc) is 3.33. The molecule has 4 amide bonds. The number of benzene rings is 1. The van der Waals surface area contributed by atoms with Gasteiger partial charge >= 0.3 is 6.03 Å². The van der Waals surface area contributed by atoms with Gasteiger partial charge in [0.25, 0.3) is 5.91 Å². The molecule has 0 radical (unpaired) electrons. The second-order valence-corrected chi connectivity index (χ2v) is 9.48. The number of amides is 4. The molecular weight excluding hydrogens is 422 g/mol. The summed E-state index contributed by atoms with van der Waals surface area (Å²) in [6.45, 7) is 3.46. The van der Waals surface area contributed by atoms with Crippen molar-refractivity contribution in [2.75, 3.05) is 6.54 Å². The summed E-state index contributed by atoms with van der Waals surface area (Å²) in [5.74, 6) is 1.33. The Bertz CT molecular complexity index is 829. The van der Waals surface area contributed by atoms with Gasteiger partial charge in [-0.15, -0.1) is 0 Å². The summed E-state index contributed by atoms with van der Waals surface area (Å²) >= 11 is 3.44. The first-order valence-corrected chi connectivity index (χ1v) is 10.8. The second kappa shape index (κ2) is 7.17. The molecular formula is C21H26BrN3O3. The zero-order valence-corrected chi connectivity index (χ0v) is 17.8. The van der Waals surface area contributed by atoms with E-state index in [1.54, 1.807) is 13.0 Å². The molecule has 1 heterocycles. The Kier molecular flexibility index (Phi) is 4.98. The van der Waals surface area contributed by atoms with Crippen molar-refractivity contribution in [2.24, 2.45) is 17.8 Å². The van der Waals surface area contributed by atoms with Crippen molar-refractivity contribution in [1.29, 1.82) is 0 Å². The molecule has 2 bridgehead atoms. The van der Waals surface area contributed by atoms with E-state index in [9.17, 15) is 14.4 Å². The molecule has 3 aliphatic rings. The number of hydrogen-bond donors (Lipinski definition) is 2. The second-order valence-electron chi connectivity index (χ2n) is 8.62. The number of hydrogen-bond acceptors (Lipinski definition) is 3. The molecule has 1 aromatic rings. The van der Waals surface area contributed by atoms with Crippen LogP contribution < -0.4 is 10.6 Å². The molecule has 2 saturated carbocycles. The van der Waals surface area contributed by atoms with Gasteiger partial charge in [-0.25, -0.2) is 4.79 Å². The van der Waals surface area contributed by atoms with Gasteiger partial charge in [0.2, 0.25) is 5.91 Å². The van der Waals surface area contributed by atoms with Crippen LogP contribution >= 0.6 is 15.9 Å². The summed E-state index contributed by atoms with van der Waals surface area (Å²) in [6.07, 6.45) is 5.03. The Morgan fingerprint density at radius 3 is 2.71 bits per heavy atom. The summed E-state index contributed by atoms with van der Waals surface area (Å²) < 4.78 is 0.738. The van der Waals surface area contributed by atoms with Crippen molar-refractivity contribution >= 4 is 33.8 Å². The summed E-state index contributed by atoms with van der Waals surface area (Å²) in [4.78, 5) is 39.1. The van der Waals surface area contributed by atoms with E-state index in [2.05, 4.69) is 26.6 Å². The number of carbonyl (C=O) groups excluding carboxylic acids is 3. The maximum absolute atomic E-state index is 13.0. The van der Waals surface area contributed by atoms with Crippen LogP contribution in [-0.4, -0.2) is 35.3 Å². The van der Waals surface area contributed by atoms with E-state index in [4.69, 9.17) is 0 Å². The van der Waals surface area contributed by atoms with E-state index in [-0.39, 0.29) is 18.5 Å². The fourth-order valence-corrected chi connectivity index (χ4v) is 6.03. The number of nitrogens with zero attached hydrogens (tertiary/aromatic N) is 1. The van der Waals surface area contributed by atoms with E-state index in [1.807, 2.05) is 25.1 Å². The Hall–Kier alpha value is -1.89. The van der Waals surface area contributed by atoms with Crippen LogP contribution in [0.4, 0.5) is 4.79 Å². The highest BCUT2D eigenvalue weighted by Crippen LogP contribution is 2.49. The highest BCUT2D eigenvalue weighted by molar-refractivity contribution is 9.10. The zero-order chi connectivity index (χ0) is 20.1. The maximum atomic E-state index is 13.0. The molecule has 2 N–H and O–H groups in total. The zero-order valence-electron chi connectivity index (χ0n) is 16.2. The lowest BCUT2D eigenvalue weighted by atomic mass is 9.84. The number of fused-ring (bicyclic) bond motifs is 2. The van der Waals surface area contributed by atoms with Crippen molar-refractivity contribution < 1.29 is 14.4 Å². The van der Waals surface area contributed by atoms with Crippen LogP contribution in [0.25, 0.3) is 0 Å². The minimum absolute atomic E-state index is 0.0678. The van der Waals surface area contributed by atoms with Crippen LogP contribution in [0.1, 0.15) is 45.1 Å². The highest BCUT2D eigenvalue weighted by atomic mass is 79.9. The number of rotatable bonds is 5. The standard InChI is InChI=1S/C21H26BrN3O3/c1-12(15-10-13-7-8-14(15)9-13)23-18(26)11-25-19(27)21(2,24-20(25)28)16-5-3-4-6-17(16)22/h3-6,12-15H,7-11H2,1-2H3,(H,23,26)(H,24,28). The molecule has 5 atom stereocenters. The number of halogens is 1. The first kappa shape index (κ1) is 19.4. The molecule has 28 heavy (non-hydrogen) atoms. The monoisotopic (exact) mass is 447 g/mol. The van der Waals surface area contributed by atoms with Crippen molar-refractivity contribution in [3.8, 4) is 0 Å². The van der Waals surface area contributed by atoms with Gasteiger partial charge in [0.15, 0.2) is 0 Å². The first-order chi connectivity index (χ1) is 13.3. The van der Waals surface area contributed by atoms with Crippen LogP contribution in [0.2, 0.25) is 0 Å². The van der Waals surface area contributed by atoms with E-state index < -0.39 is 17.5 Å². The SMILES string of the molecule is CC(NC(=O)CN1C(=O)NC(C)(c2ccccc2Br)C1=O)C1CC2CCC1C2.